The van der Waals surface area contributed by atoms with Crippen molar-refractivity contribution in [3.05, 3.63) is 23.0 Å². The van der Waals surface area contributed by atoms with Gasteiger partial charge >= 0.3 is 0 Å². The maximum absolute atomic E-state index is 10.4. The standard InChI is InChI=1S/C7H6ClNO2/c1-11-7-3-9-2-6(8)5(7)4-10/h2-4H,1H3. The summed E-state index contributed by atoms with van der Waals surface area (Å²) in [6.45, 7) is 0. The summed E-state index contributed by atoms with van der Waals surface area (Å²) < 4.78 is 4.84. The maximum atomic E-state index is 10.4. The first-order valence-electron chi connectivity index (χ1n) is 2.92. The Kier molecular flexibility index (Phi) is 2.44. The highest BCUT2D eigenvalue weighted by molar-refractivity contribution is 6.33. The number of pyridine rings is 1. The number of rotatable bonds is 2. The number of hydrogen-bond donors (Lipinski definition) is 0. The molecule has 0 atom stereocenters. The zero-order valence-corrected chi connectivity index (χ0v) is 6.63. The second-order valence-electron chi connectivity index (χ2n) is 1.86. The third kappa shape index (κ3) is 1.49. The summed E-state index contributed by atoms with van der Waals surface area (Å²) in [4.78, 5) is 14.2. The predicted octanol–water partition coefficient (Wildman–Crippen LogP) is 1.56. The van der Waals surface area contributed by atoms with E-state index in [-0.39, 0.29) is 0 Å². The van der Waals surface area contributed by atoms with Gasteiger partial charge < -0.3 is 4.74 Å². The van der Waals surface area contributed by atoms with Gasteiger partial charge in [0, 0.05) is 6.20 Å². The van der Waals surface area contributed by atoms with Gasteiger partial charge in [-0.25, -0.2) is 0 Å². The van der Waals surface area contributed by atoms with Crippen molar-refractivity contribution in [3.8, 4) is 5.75 Å². The molecular weight excluding hydrogens is 166 g/mol. The van der Waals surface area contributed by atoms with Crippen LogP contribution < -0.4 is 4.74 Å². The molecule has 0 unspecified atom stereocenters. The van der Waals surface area contributed by atoms with E-state index >= 15 is 0 Å². The van der Waals surface area contributed by atoms with Crippen molar-refractivity contribution in [1.82, 2.24) is 4.98 Å². The monoisotopic (exact) mass is 171 g/mol. The topological polar surface area (TPSA) is 39.2 Å². The molecule has 11 heavy (non-hydrogen) atoms. The average molecular weight is 172 g/mol. The normalized spacial score (nSPS) is 9.27. The minimum absolute atomic E-state index is 0.305. The third-order valence-corrected chi connectivity index (χ3v) is 1.54. The summed E-state index contributed by atoms with van der Waals surface area (Å²) in [6.07, 6.45) is 3.48. The van der Waals surface area contributed by atoms with Crippen molar-refractivity contribution in [1.29, 1.82) is 0 Å². The van der Waals surface area contributed by atoms with E-state index in [2.05, 4.69) is 4.98 Å². The second kappa shape index (κ2) is 3.34. The Morgan fingerprint density at radius 2 is 2.36 bits per heavy atom. The number of carbonyl (C=O) groups excluding carboxylic acids is 1. The van der Waals surface area contributed by atoms with E-state index in [0.717, 1.165) is 0 Å². The van der Waals surface area contributed by atoms with E-state index < -0.39 is 0 Å². The van der Waals surface area contributed by atoms with E-state index in [9.17, 15) is 4.79 Å². The summed E-state index contributed by atoms with van der Waals surface area (Å²) in [7, 11) is 1.46. The number of halogens is 1. The van der Waals surface area contributed by atoms with Gasteiger partial charge in [-0.1, -0.05) is 11.6 Å². The SMILES string of the molecule is COc1cncc(Cl)c1C=O. The largest absolute Gasteiger partial charge is 0.494 e. The Bertz CT molecular complexity index is 275. The number of carbonyl (C=O) groups is 1. The van der Waals surface area contributed by atoms with Crippen LogP contribution in [0.15, 0.2) is 12.4 Å². The third-order valence-electron chi connectivity index (χ3n) is 1.24. The zero-order chi connectivity index (χ0) is 8.27. The molecule has 0 spiro atoms. The molecule has 58 valence electrons. The fourth-order valence-electron chi connectivity index (χ4n) is 0.704. The highest BCUT2D eigenvalue weighted by Gasteiger charge is 2.05. The first kappa shape index (κ1) is 8.01. The molecule has 0 amide bonds. The van der Waals surface area contributed by atoms with E-state index in [4.69, 9.17) is 16.3 Å². The lowest BCUT2D eigenvalue weighted by Crippen LogP contribution is -1.92. The molecule has 0 aliphatic carbocycles. The van der Waals surface area contributed by atoms with Crippen LogP contribution in [-0.4, -0.2) is 18.4 Å². The van der Waals surface area contributed by atoms with Crippen LogP contribution in [0, 0.1) is 0 Å². The molecule has 0 bridgehead atoms. The van der Waals surface area contributed by atoms with E-state index in [0.29, 0.717) is 22.6 Å². The number of nitrogens with zero attached hydrogens (tertiary/aromatic N) is 1. The molecule has 1 aromatic heterocycles. The summed E-state index contributed by atoms with van der Waals surface area (Å²) in [5, 5.41) is 0.305. The van der Waals surface area contributed by atoms with Gasteiger partial charge in [0.15, 0.2) is 6.29 Å². The number of methoxy groups -OCH3 is 1. The molecule has 4 heteroatoms. The van der Waals surface area contributed by atoms with Crippen LogP contribution in [0.2, 0.25) is 5.02 Å². The molecule has 0 N–H and O–H groups in total. The lowest BCUT2D eigenvalue weighted by atomic mass is 10.3. The summed E-state index contributed by atoms with van der Waals surface area (Å²) in [6, 6.07) is 0. The van der Waals surface area contributed by atoms with Gasteiger partial charge in [-0.2, -0.15) is 0 Å². The van der Waals surface area contributed by atoms with Crippen LogP contribution in [0.4, 0.5) is 0 Å². The smallest absolute Gasteiger partial charge is 0.155 e. The molecule has 0 radical (unpaired) electrons. The molecule has 3 nitrogen and oxygen atoms in total. The van der Waals surface area contributed by atoms with Gasteiger partial charge in [0.25, 0.3) is 0 Å². The van der Waals surface area contributed by atoms with Gasteiger partial charge in [-0.05, 0) is 0 Å². The van der Waals surface area contributed by atoms with Crippen LogP contribution >= 0.6 is 11.6 Å². The molecule has 1 aromatic rings. The zero-order valence-electron chi connectivity index (χ0n) is 5.87. The Morgan fingerprint density at radius 3 is 2.82 bits per heavy atom. The number of aldehydes is 1. The summed E-state index contributed by atoms with van der Waals surface area (Å²) >= 11 is 5.63. The Morgan fingerprint density at radius 1 is 1.64 bits per heavy atom. The first-order valence-corrected chi connectivity index (χ1v) is 3.30. The highest BCUT2D eigenvalue weighted by Crippen LogP contribution is 2.21. The molecule has 1 heterocycles. The molecule has 0 fully saturated rings. The Hall–Kier alpha value is -1.09. The number of aromatic nitrogens is 1. The first-order chi connectivity index (χ1) is 5.29. The lowest BCUT2D eigenvalue weighted by molar-refractivity contribution is 0.112. The molecule has 0 saturated carbocycles. The van der Waals surface area contributed by atoms with Gasteiger partial charge in [-0.3, -0.25) is 9.78 Å². The molecular formula is C7H6ClNO2. The van der Waals surface area contributed by atoms with Gasteiger partial charge in [-0.15, -0.1) is 0 Å². The maximum Gasteiger partial charge on any atom is 0.155 e. The van der Waals surface area contributed by atoms with Crippen LogP contribution in [0.25, 0.3) is 0 Å². The predicted molar refractivity (Wildman–Crippen MR) is 41.2 cm³/mol. The van der Waals surface area contributed by atoms with Crippen LogP contribution in [0.5, 0.6) is 5.75 Å². The van der Waals surface area contributed by atoms with Crippen molar-refractivity contribution in [2.24, 2.45) is 0 Å². The molecule has 0 aliphatic rings. The molecule has 0 aromatic carbocycles. The second-order valence-corrected chi connectivity index (χ2v) is 2.26. The summed E-state index contributed by atoms with van der Waals surface area (Å²) in [5.41, 5.74) is 0.337. The lowest BCUT2D eigenvalue weighted by Gasteiger charge is -2.02. The number of ether oxygens (including phenoxy) is 1. The minimum atomic E-state index is 0.305. The molecule has 0 aliphatic heterocycles. The van der Waals surface area contributed by atoms with Crippen LogP contribution in [0.3, 0.4) is 0 Å². The van der Waals surface area contributed by atoms with E-state index in [1.807, 2.05) is 0 Å². The van der Waals surface area contributed by atoms with Crippen molar-refractivity contribution in [2.45, 2.75) is 0 Å². The van der Waals surface area contributed by atoms with Gasteiger partial charge in [0.1, 0.15) is 5.75 Å². The van der Waals surface area contributed by atoms with Gasteiger partial charge in [0.2, 0.25) is 0 Å². The molecule has 1 rings (SSSR count). The van der Waals surface area contributed by atoms with E-state index in [1.54, 1.807) is 0 Å². The highest BCUT2D eigenvalue weighted by atomic mass is 35.5. The average Bonchev–Trinajstić information content (AvgIpc) is 2.04. The Balaban J connectivity index is 3.24. The number of hydrogen-bond acceptors (Lipinski definition) is 3. The Labute approximate surface area is 69.0 Å². The van der Waals surface area contributed by atoms with Crippen molar-refractivity contribution >= 4 is 17.9 Å². The van der Waals surface area contributed by atoms with E-state index in [1.165, 1.54) is 19.5 Å². The van der Waals surface area contributed by atoms with Crippen molar-refractivity contribution in [2.75, 3.05) is 7.11 Å². The van der Waals surface area contributed by atoms with Gasteiger partial charge in [0.05, 0.1) is 23.9 Å². The van der Waals surface area contributed by atoms with Crippen LogP contribution in [0.1, 0.15) is 10.4 Å². The van der Waals surface area contributed by atoms with Crippen LogP contribution in [-0.2, 0) is 0 Å². The minimum Gasteiger partial charge on any atom is -0.494 e. The fourth-order valence-corrected chi connectivity index (χ4v) is 0.898. The molecule has 0 saturated heterocycles. The fraction of sp³-hybridized carbons (Fsp3) is 0.143. The van der Waals surface area contributed by atoms with Crippen molar-refractivity contribution < 1.29 is 9.53 Å². The quantitative estimate of drug-likeness (QED) is 0.634. The summed E-state index contributed by atoms with van der Waals surface area (Å²) in [5.74, 6) is 0.396. The van der Waals surface area contributed by atoms with Crippen molar-refractivity contribution in [3.63, 3.8) is 0 Å².